The van der Waals surface area contributed by atoms with Gasteiger partial charge in [-0.05, 0) is 36.5 Å². The van der Waals surface area contributed by atoms with E-state index in [9.17, 15) is 0 Å². The first-order valence-electron chi connectivity index (χ1n) is 6.35. The quantitative estimate of drug-likeness (QED) is 0.771. The average Bonchev–Trinajstić information content (AvgIpc) is 2.79. The van der Waals surface area contributed by atoms with Crippen molar-refractivity contribution in [2.45, 2.75) is 39.5 Å². The Bertz CT molecular complexity index is 400. The summed E-state index contributed by atoms with van der Waals surface area (Å²) in [7, 11) is 0. The maximum absolute atomic E-state index is 4.29. The van der Waals surface area contributed by atoms with Crippen molar-refractivity contribution in [3.63, 3.8) is 0 Å². The summed E-state index contributed by atoms with van der Waals surface area (Å²) in [6, 6.07) is 0. The van der Waals surface area contributed by atoms with Gasteiger partial charge in [0.2, 0.25) is 0 Å². The summed E-state index contributed by atoms with van der Waals surface area (Å²) in [4.78, 5) is 7.48. The second-order valence-electron chi connectivity index (χ2n) is 5.86. The fourth-order valence-corrected chi connectivity index (χ4v) is 3.45. The Morgan fingerprint density at radius 2 is 2.31 bits per heavy atom. The van der Waals surface area contributed by atoms with Gasteiger partial charge in [-0.25, -0.2) is 4.98 Å². The fraction of sp³-hybridized carbons (Fsp3) is 0.643. The van der Waals surface area contributed by atoms with Gasteiger partial charge in [0.15, 0.2) is 0 Å². The molecule has 1 aromatic heterocycles. The molecule has 0 aliphatic heterocycles. The lowest BCUT2D eigenvalue weighted by Crippen LogP contribution is -2.48. The monoisotopic (exact) mass is 216 g/mol. The standard InChI is InChI=1S/C14H20N2/c1-14(2)11-5-3-10(12(14)9-11)4-6-13-15-7-8-16-13/h3,7-8,11-12H,4-6,9H2,1-2H3,(H,15,16). The number of imidazole rings is 1. The Morgan fingerprint density at radius 3 is 2.94 bits per heavy atom. The molecule has 0 saturated heterocycles. The van der Waals surface area contributed by atoms with Gasteiger partial charge in [-0.2, -0.15) is 0 Å². The molecule has 1 N–H and O–H groups in total. The summed E-state index contributed by atoms with van der Waals surface area (Å²) in [6.07, 6.45) is 11.2. The molecule has 2 atom stereocenters. The van der Waals surface area contributed by atoms with Crippen molar-refractivity contribution in [1.82, 2.24) is 9.97 Å². The van der Waals surface area contributed by atoms with Gasteiger partial charge in [0.1, 0.15) is 5.82 Å². The third-order valence-corrected chi connectivity index (χ3v) is 4.79. The SMILES string of the molecule is CC1(C)C2CC=C(CCc3ncc[nH]3)C1C2. The van der Waals surface area contributed by atoms with E-state index < -0.39 is 0 Å². The lowest BCUT2D eigenvalue weighted by Gasteiger charge is -2.56. The van der Waals surface area contributed by atoms with Crippen LogP contribution in [0.15, 0.2) is 24.0 Å². The number of H-pyrrole nitrogens is 1. The molecule has 2 heteroatoms. The Hall–Kier alpha value is -1.05. The number of aromatic amines is 1. The second kappa shape index (κ2) is 3.47. The average molecular weight is 216 g/mol. The molecule has 0 amide bonds. The predicted molar refractivity (Wildman–Crippen MR) is 65.0 cm³/mol. The molecule has 16 heavy (non-hydrogen) atoms. The number of rotatable bonds is 3. The molecule has 1 aromatic rings. The van der Waals surface area contributed by atoms with Gasteiger partial charge in [-0.15, -0.1) is 0 Å². The smallest absolute Gasteiger partial charge is 0.106 e. The second-order valence-corrected chi connectivity index (χ2v) is 5.86. The first-order chi connectivity index (χ1) is 7.68. The molecule has 4 rings (SSSR count). The first-order valence-corrected chi connectivity index (χ1v) is 6.35. The molecule has 0 aromatic carbocycles. The normalized spacial score (nSPS) is 30.8. The number of nitrogens with zero attached hydrogens (tertiary/aromatic N) is 1. The highest BCUT2D eigenvalue weighted by molar-refractivity contribution is 5.23. The molecule has 3 aliphatic carbocycles. The van der Waals surface area contributed by atoms with E-state index in [1.54, 1.807) is 5.57 Å². The molecule has 0 spiro atoms. The van der Waals surface area contributed by atoms with Gasteiger partial charge in [-0.3, -0.25) is 0 Å². The fourth-order valence-electron chi connectivity index (χ4n) is 3.45. The molecule has 1 saturated carbocycles. The zero-order valence-electron chi connectivity index (χ0n) is 10.2. The molecule has 86 valence electrons. The third kappa shape index (κ3) is 1.43. The van der Waals surface area contributed by atoms with E-state index in [0.29, 0.717) is 5.41 Å². The van der Waals surface area contributed by atoms with E-state index in [2.05, 4.69) is 29.9 Å². The number of nitrogens with one attached hydrogen (secondary N) is 1. The summed E-state index contributed by atoms with van der Waals surface area (Å²) in [5.41, 5.74) is 2.25. The summed E-state index contributed by atoms with van der Waals surface area (Å²) in [5, 5.41) is 0. The Kier molecular flexibility index (Phi) is 2.20. The molecule has 2 nitrogen and oxygen atoms in total. The minimum atomic E-state index is 0.563. The largest absolute Gasteiger partial charge is 0.349 e. The van der Waals surface area contributed by atoms with Crippen LogP contribution in [0.25, 0.3) is 0 Å². The molecule has 1 heterocycles. The van der Waals surface area contributed by atoms with Crippen molar-refractivity contribution in [2.24, 2.45) is 17.3 Å². The van der Waals surface area contributed by atoms with Crippen LogP contribution in [0.1, 0.15) is 38.9 Å². The Balaban J connectivity index is 1.66. The molecule has 2 unspecified atom stereocenters. The number of hydrogen-bond acceptors (Lipinski definition) is 1. The number of aromatic nitrogens is 2. The molecular formula is C14H20N2. The van der Waals surface area contributed by atoms with E-state index in [-0.39, 0.29) is 0 Å². The number of fused-ring (bicyclic) bond motifs is 1. The Morgan fingerprint density at radius 1 is 1.44 bits per heavy atom. The highest BCUT2D eigenvalue weighted by Gasteiger charge is 2.50. The first kappa shape index (κ1) is 10.1. The van der Waals surface area contributed by atoms with E-state index in [0.717, 1.165) is 24.1 Å². The van der Waals surface area contributed by atoms with Crippen LogP contribution in [0.4, 0.5) is 0 Å². The molecular weight excluding hydrogens is 196 g/mol. The number of aryl methyl sites for hydroxylation is 1. The topological polar surface area (TPSA) is 28.7 Å². The van der Waals surface area contributed by atoms with Gasteiger partial charge in [0, 0.05) is 18.8 Å². The minimum absolute atomic E-state index is 0.563. The summed E-state index contributed by atoms with van der Waals surface area (Å²) in [5.74, 6) is 2.92. The van der Waals surface area contributed by atoms with Crippen LogP contribution in [-0.4, -0.2) is 9.97 Å². The maximum Gasteiger partial charge on any atom is 0.106 e. The summed E-state index contributed by atoms with van der Waals surface area (Å²) >= 11 is 0. The van der Waals surface area contributed by atoms with Crippen LogP contribution < -0.4 is 0 Å². The lowest BCUT2D eigenvalue weighted by atomic mass is 9.48. The van der Waals surface area contributed by atoms with E-state index in [1.807, 2.05) is 12.4 Å². The van der Waals surface area contributed by atoms with Crippen LogP contribution in [0.5, 0.6) is 0 Å². The summed E-state index contributed by atoms with van der Waals surface area (Å²) < 4.78 is 0. The van der Waals surface area contributed by atoms with Crippen molar-refractivity contribution in [3.05, 3.63) is 29.9 Å². The molecule has 0 radical (unpaired) electrons. The highest BCUT2D eigenvalue weighted by Crippen LogP contribution is 2.59. The number of allylic oxidation sites excluding steroid dienone is 2. The van der Waals surface area contributed by atoms with Gasteiger partial charge >= 0.3 is 0 Å². The van der Waals surface area contributed by atoms with Gasteiger partial charge < -0.3 is 4.98 Å². The van der Waals surface area contributed by atoms with Crippen LogP contribution in [0.3, 0.4) is 0 Å². The Labute approximate surface area is 97.2 Å². The van der Waals surface area contributed by atoms with E-state index >= 15 is 0 Å². The minimum Gasteiger partial charge on any atom is -0.349 e. The third-order valence-electron chi connectivity index (χ3n) is 4.79. The van der Waals surface area contributed by atoms with E-state index in [4.69, 9.17) is 0 Å². The van der Waals surface area contributed by atoms with Crippen LogP contribution in [0.2, 0.25) is 0 Å². The van der Waals surface area contributed by atoms with Crippen molar-refractivity contribution >= 4 is 0 Å². The van der Waals surface area contributed by atoms with Crippen LogP contribution in [-0.2, 0) is 6.42 Å². The van der Waals surface area contributed by atoms with Crippen molar-refractivity contribution < 1.29 is 0 Å². The van der Waals surface area contributed by atoms with Crippen molar-refractivity contribution in [3.8, 4) is 0 Å². The maximum atomic E-state index is 4.29. The molecule has 2 bridgehead atoms. The van der Waals surface area contributed by atoms with Gasteiger partial charge in [0.05, 0.1) is 0 Å². The highest BCUT2D eigenvalue weighted by atomic mass is 14.9. The van der Waals surface area contributed by atoms with E-state index in [1.165, 1.54) is 19.3 Å². The molecule has 1 fully saturated rings. The van der Waals surface area contributed by atoms with Crippen LogP contribution >= 0.6 is 0 Å². The number of hydrogen-bond donors (Lipinski definition) is 1. The zero-order valence-corrected chi connectivity index (χ0v) is 10.2. The van der Waals surface area contributed by atoms with Crippen molar-refractivity contribution in [1.29, 1.82) is 0 Å². The van der Waals surface area contributed by atoms with Gasteiger partial charge in [0.25, 0.3) is 0 Å². The van der Waals surface area contributed by atoms with Crippen molar-refractivity contribution in [2.75, 3.05) is 0 Å². The summed E-state index contributed by atoms with van der Waals surface area (Å²) in [6.45, 7) is 4.87. The zero-order chi connectivity index (χ0) is 11.2. The van der Waals surface area contributed by atoms with Gasteiger partial charge in [-0.1, -0.05) is 25.5 Å². The van der Waals surface area contributed by atoms with Crippen LogP contribution in [0, 0.1) is 17.3 Å². The lowest BCUT2D eigenvalue weighted by molar-refractivity contribution is -0.00820. The molecule has 3 aliphatic rings. The predicted octanol–water partition coefficient (Wildman–Crippen LogP) is 3.33.